The Morgan fingerprint density at radius 2 is 2.00 bits per heavy atom. The Bertz CT molecular complexity index is 648. The summed E-state index contributed by atoms with van der Waals surface area (Å²) in [4.78, 5) is 22.0. The predicted molar refractivity (Wildman–Crippen MR) is 77.9 cm³/mol. The number of benzene rings is 1. The molecule has 0 saturated heterocycles. The molecule has 0 radical (unpaired) electrons. The van der Waals surface area contributed by atoms with E-state index in [1.807, 2.05) is 0 Å². The van der Waals surface area contributed by atoms with Crippen LogP contribution in [-0.4, -0.2) is 23.5 Å². The number of hydrogen-bond donors (Lipinski definition) is 3. The van der Waals surface area contributed by atoms with Crippen LogP contribution in [0, 0.1) is 0 Å². The molecule has 2 aromatic rings. The van der Waals surface area contributed by atoms with E-state index >= 15 is 0 Å². The standard InChI is InChI=1S/C15H18N2O4/c16-13(18)7-3-4-8-17-9-12-14(15(19)20)10-5-1-2-6-11(10)21-12/h1-2,5-6,17H,3-4,7-9H2,(H2,16,18)(H,19,20). The fourth-order valence-corrected chi connectivity index (χ4v) is 2.21. The summed E-state index contributed by atoms with van der Waals surface area (Å²) in [5, 5.41) is 13.0. The van der Waals surface area contributed by atoms with Crippen molar-refractivity contribution in [1.29, 1.82) is 0 Å². The van der Waals surface area contributed by atoms with Crippen LogP contribution < -0.4 is 11.1 Å². The number of aromatic carboxylic acids is 1. The molecule has 1 aromatic heterocycles. The lowest BCUT2D eigenvalue weighted by molar-refractivity contribution is -0.118. The molecule has 0 aliphatic rings. The molecule has 0 saturated carbocycles. The minimum atomic E-state index is -0.995. The molecule has 0 bridgehead atoms. The molecule has 0 aliphatic carbocycles. The molecule has 112 valence electrons. The number of carbonyl (C=O) groups is 2. The lowest BCUT2D eigenvalue weighted by Gasteiger charge is -2.03. The number of para-hydroxylation sites is 1. The third kappa shape index (κ3) is 3.82. The molecule has 21 heavy (non-hydrogen) atoms. The van der Waals surface area contributed by atoms with Crippen LogP contribution in [-0.2, 0) is 11.3 Å². The van der Waals surface area contributed by atoms with Crippen LogP contribution in [0.1, 0.15) is 35.4 Å². The lowest BCUT2D eigenvalue weighted by atomic mass is 10.1. The van der Waals surface area contributed by atoms with E-state index in [1.165, 1.54) is 0 Å². The first kappa shape index (κ1) is 15.1. The molecule has 6 nitrogen and oxygen atoms in total. The van der Waals surface area contributed by atoms with Crippen LogP contribution in [0.4, 0.5) is 0 Å². The molecule has 0 spiro atoms. The van der Waals surface area contributed by atoms with Crippen LogP contribution in [0.5, 0.6) is 0 Å². The van der Waals surface area contributed by atoms with Gasteiger partial charge in [-0.3, -0.25) is 4.79 Å². The third-order valence-electron chi connectivity index (χ3n) is 3.19. The van der Waals surface area contributed by atoms with E-state index < -0.39 is 5.97 Å². The van der Waals surface area contributed by atoms with Gasteiger partial charge in [-0.1, -0.05) is 18.2 Å². The van der Waals surface area contributed by atoms with Gasteiger partial charge in [0.2, 0.25) is 5.91 Å². The van der Waals surface area contributed by atoms with Gasteiger partial charge in [-0.05, 0) is 25.5 Å². The molecule has 2 rings (SSSR count). The number of nitrogens with two attached hydrogens (primary N) is 1. The number of hydrogen-bond acceptors (Lipinski definition) is 4. The van der Waals surface area contributed by atoms with Gasteiger partial charge in [0.05, 0.1) is 6.54 Å². The van der Waals surface area contributed by atoms with Crippen molar-refractivity contribution in [2.75, 3.05) is 6.54 Å². The zero-order valence-electron chi connectivity index (χ0n) is 11.6. The maximum Gasteiger partial charge on any atom is 0.339 e. The van der Waals surface area contributed by atoms with Gasteiger partial charge in [0, 0.05) is 11.8 Å². The van der Waals surface area contributed by atoms with Gasteiger partial charge in [-0.15, -0.1) is 0 Å². The molecule has 1 heterocycles. The second-order valence-electron chi connectivity index (χ2n) is 4.80. The van der Waals surface area contributed by atoms with Gasteiger partial charge in [0.1, 0.15) is 16.9 Å². The normalized spacial score (nSPS) is 10.9. The van der Waals surface area contributed by atoms with Crippen molar-refractivity contribution in [3.05, 3.63) is 35.6 Å². The Labute approximate surface area is 121 Å². The quantitative estimate of drug-likeness (QED) is 0.644. The summed E-state index contributed by atoms with van der Waals surface area (Å²) in [6, 6.07) is 7.07. The Morgan fingerprint density at radius 3 is 2.71 bits per heavy atom. The van der Waals surface area contributed by atoms with Gasteiger partial charge in [0.15, 0.2) is 0 Å². The first-order valence-corrected chi connectivity index (χ1v) is 6.82. The van der Waals surface area contributed by atoms with Crippen molar-refractivity contribution in [2.24, 2.45) is 5.73 Å². The SMILES string of the molecule is NC(=O)CCCCNCc1oc2ccccc2c1C(=O)O. The number of primary amides is 1. The zero-order valence-corrected chi connectivity index (χ0v) is 11.6. The molecule has 0 aliphatic heterocycles. The maximum atomic E-state index is 11.4. The van der Waals surface area contributed by atoms with Crippen molar-refractivity contribution >= 4 is 22.8 Å². The third-order valence-corrected chi connectivity index (χ3v) is 3.19. The van der Waals surface area contributed by atoms with E-state index in [-0.39, 0.29) is 11.5 Å². The Balaban J connectivity index is 1.97. The maximum absolute atomic E-state index is 11.4. The van der Waals surface area contributed by atoms with Gasteiger partial charge in [0.25, 0.3) is 0 Å². The highest BCUT2D eigenvalue weighted by atomic mass is 16.4. The van der Waals surface area contributed by atoms with E-state index in [0.717, 1.165) is 6.42 Å². The summed E-state index contributed by atoms with van der Waals surface area (Å²) in [6.07, 6.45) is 1.88. The molecule has 0 fully saturated rings. The molecular formula is C15H18N2O4. The van der Waals surface area contributed by atoms with Gasteiger partial charge < -0.3 is 20.6 Å². The Kier molecular flexibility index (Phi) is 4.94. The second-order valence-corrected chi connectivity index (χ2v) is 4.80. The monoisotopic (exact) mass is 290 g/mol. The summed E-state index contributed by atoms with van der Waals surface area (Å²) in [6.45, 7) is 1.01. The number of carboxylic acids is 1. The number of unbranched alkanes of at least 4 members (excludes halogenated alkanes) is 1. The van der Waals surface area contributed by atoms with E-state index in [2.05, 4.69) is 5.32 Å². The number of carboxylic acid groups (broad SMARTS) is 1. The fraction of sp³-hybridized carbons (Fsp3) is 0.333. The van der Waals surface area contributed by atoms with Crippen molar-refractivity contribution in [2.45, 2.75) is 25.8 Å². The first-order valence-electron chi connectivity index (χ1n) is 6.82. The molecule has 1 amide bonds. The van der Waals surface area contributed by atoms with E-state index in [1.54, 1.807) is 24.3 Å². The molecular weight excluding hydrogens is 272 g/mol. The fourth-order valence-electron chi connectivity index (χ4n) is 2.21. The number of fused-ring (bicyclic) bond motifs is 1. The molecule has 1 aromatic carbocycles. The van der Waals surface area contributed by atoms with Crippen LogP contribution >= 0.6 is 0 Å². The molecule has 4 N–H and O–H groups in total. The van der Waals surface area contributed by atoms with Gasteiger partial charge in [-0.25, -0.2) is 4.79 Å². The summed E-state index contributed by atoms with van der Waals surface area (Å²) >= 11 is 0. The van der Waals surface area contributed by atoms with Crippen LogP contribution in [0.25, 0.3) is 11.0 Å². The van der Waals surface area contributed by atoms with Gasteiger partial charge >= 0.3 is 5.97 Å². The second kappa shape index (κ2) is 6.90. The highest BCUT2D eigenvalue weighted by Gasteiger charge is 2.19. The Morgan fingerprint density at radius 1 is 1.24 bits per heavy atom. The minimum absolute atomic E-state index is 0.204. The summed E-state index contributed by atoms with van der Waals surface area (Å²) < 4.78 is 5.59. The smallest absolute Gasteiger partial charge is 0.339 e. The van der Waals surface area contributed by atoms with E-state index in [4.69, 9.17) is 10.2 Å². The highest BCUT2D eigenvalue weighted by molar-refractivity contribution is 6.03. The van der Waals surface area contributed by atoms with Crippen molar-refractivity contribution in [1.82, 2.24) is 5.32 Å². The summed E-state index contributed by atoms with van der Waals surface area (Å²) in [5.41, 5.74) is 5.83. The number of amides is 1. The van der Waals surface area contributed by atoms with Crippen LogP contribution in [0.2, 0.25) is 0 Å². The number of rotatable bonds is 8. The van der Waals surface area contributed by atoms with Crippen LogP contribution in [0.15, 0.2) is 28.7 Å². The number of furan rings is 1. The molecule has 6 heteroatoms. The predicted octanol–water partition coefficient (Wildman–Crippen LogP) is 1.88. The zero-order chi connectivity index (χ0) is 15.2. The van der Waals surface area contributed by atoms with Crippen molar-refractivity contribution in [3.63, 3.8) is 0 Å². The van der Waals surface area contributed by atoms with E-state index in [9.17, 15) is 14.7 Å². The first-order chi connectivity index (χ1) is 10.1. The van der Waals surface area contributed by atoms with Crippen molar-refractivity contribution in [3.8, 4) is 0 Å². The number of nitrogens with one attached hydrogen (secondary N) is 1. The van der Waals surface area contributed by atoms with Crippen LogP contribution in [0.3, 0.4) is 0 Å². The topological polar surface area (TPSA) is 106 Å². The highest BCUT2D eigenvalue weighted by Crippen LogP contribution is 2.25. The minimum Gasteiger partial charge on any atom is -0.478 e. The number of carbonyl (C=O) groups excluding carboxylic acids is 1. The lowest BCUT2D eigenvalue weighted by Crippen LogP contribution is -2.17. The average Bonchev–Trinajstić information content (AvgIpc) is 2.80. The summed E-state index contributed by atoms with van der Waals surface area (Å²) in [7, 11) is 0. The Hall–Kier alpha value is -2.34. The van der Waals surface area contributed by atoms with Crippen molar-refractivity contribution < 1.29 is 19.1 Å². The summed E-state index contributed by atoms with van der Waals surface area (Å²) in [5.74, 6) is -0.885. The largest absolute Gasteiger partial charge is 0.478 e. The van der Waals surface area contributed by atoms with E-state index in [0.29, 0.717) is 42.7 Å². The van der Waals surface area contributed by atoms with Gasteiger partial charge in [-0.2, -0.15) is 0 Å². The average molecular weight is 290 g/mol. The molecule has 0 unspecified atom stereocenters. The molecule has 0 atom stereocenters.